The maximum atomic E-state index is 11.3. The summed E-state index contributed by atoms with van der Waals surface area (Å²) in [6.45, 7) is 0. The van der Waals surface area contributed by atoms with Gasteiger partial charge in [-0.25, -0.2) is 0 Å². The van der Waals surface area contributed by atoms with Crippen LogP contribution in [0.4, 0.5) is 17.1 Å². The van der Waals surface area contributed by atoms with Crippen LogP contribution >= 0.6 is 0 Å². The van der Waals surface area contributed by atoms with Gasteiger partial charge < -0.3 is 20.1 Å². The van der Waals surface area contributed by atoms with Crippen molar-refractivity contribution >= 4 is 33.9 Å². The number of carbonyl (C=O) groups excluding carboxylic acids is 1. The largest absolute Gasteiger partial charge is 0.545 e. The van der Waals surface area contributed by atoms with Crippen molar-refractivity contribution in [2.24, 2.45) is 0 Å². The van der Waals surface area contributed by atoms with Crippen LogP contribution in [0.3, 0.4) is 0 Å². The quantitative estimate of drug-likeness (QED) is 0.787. The molecule has 0 saturated carbocycles. The van der Waals surface area contributed by atoms with Crippen molar-refractivity contribution < 1.29 is 9.90 Å². The minimum absolute atomic E-state index is 0.170. The van der Waals surface area contributed by atoms with Gasteiger partial charge in [-0.05, 0) is 66.8 Å². The molecule has 5 nitrogen and oxygen atoms in total. The highest BCUT2D eigenvalue weighted by atomic mass is 16.4. The lowest BCUT2D eigenvalue weighted by Gasteiger charge is -2.17. The van der Waals surface area contributed by atoms with Crippen LogP contribution in [0.1, 0.15) is 28.0 Å². The summed E-state index contributed by atoms with van der Waals surface area (Å²) in [5, 5.41) is 15.6. The standard InChI is InChI=1S/C21H21N3O2/c1-24(2)15-9-7-14(8-10-15)22-20-16-4-3-5-18(16)23-19-11-6-13(21(25)26)12-17(19)20/h6-12H,3-5H2,1-2H3,(H,22,23)(H,25,26)/p-1. The predicted molar refractivity (Wildman–Crippen MR) is 102 cm³/mol. The second kappa shape index (κ2) is 6.33. The number of nitrogens with one attached hydrogen (secondary N) is 1. The Balaban J connectivity index is 1.83. The molecule has 26 heavy (non-hydrogen) atoms. The van der Waals surface area contributed by atoms with Crippen molar-refractivity contribution in [1.82, 2.24) is 4.98 Å². The first-order chi connectivity index (χ1) is 12.5. The maximum Gasteiger partial charge on any atom is 0.0726 e. The third-order valence-corrected chi connectivity index (χ3v) is 4.90. The van der Waals surface area contributed by atoms with Crippen molar-refractivity contribution in [1.29, 1.82) is 0 Å². The molecule has 0 unspecified atom stereocenters. The highest BCUT2D eigenvalue weighted by Gasteiger charge is 2.20. The summed E-state index contributed by atoms with van der Waals surface area (Å²) in [5.74, 6) is -1.17. The molecule has 2 aromatic carbocycles. The molecule has 1 aliphatic carbocycles. The Hall–Kier alpha value is -3.08. The van der Waals surface area contributed by atoms with Crippen molar-refractivity contribution in [3.8, 4) is 0 Å². The minimum Gasteiger partial charge on any atom is -0.545 e. The molecule has 132 valence electrons. The Bertz CT molecular complexity index is 994. The molecule has 0 saturated heterocycles. The Labute approximate surface area is 152 Å². The lowest BCUT2D eigenvalue weighted by Crippen LogP contribution is -2.22. The first kappa shape index (κ1) is 16.4. The van der Waals surface area contributed by atoms with Crippen molar-refractivity contribution in [2.45, 2.75) is 19.3 Å². The van der Waals surface area contributed by atoms with Gasteiger partial charge in [-0.15, -0.1) is 0 Å². The van der Waals surface area contributed by atoms with Crippen LogP contribution < -0.4 is 15.3 Å². The summed E-state index contributed by atoms with van der Waals surface area (Å²) >= 11 is 0. The Morgan fingerprint density at radius 1 is 1.12 bits per heavy atom. The van der Waals surface area contributed by atoms with E-state index in [1.807, 2.05) is 26.2 Å². The number of rotatable bonds is 4. The summed E-state index contributed by atoms with van der Waals surface area (Å²) in [6, 6.07) is 13.2. The molecule has 3 aromatic rings. The summed E-state index contributed by atoms with van der Waals surface area (Å²) in [5.41, 5.74) is 6.32. The topological polar surface area (TPSA) is 68.3 Å². The fourth-order valence-electron chi connectivity index (χ4n) is 3.52. The first-order valence-electron chi connectivity index (χ1n) is 8.74. The number of anilines is 3. The number of hydrogen-bond donors (Lipinski definition) is 1. The number of carboxylic acid groups (broad SMARTS) is 1. The van der Waals surface area contributed by atoms with E-state index < -0.39 is 5.97 Å². The van der Waals surface area contributed by atoms with Crippen LogP contribution in [-0.4, -0.2) is 25.0 Å². The van der Waals surface area contributed by atoms with E-state index in [-0.39, 0.29) is 5.56 Å². The van der Waals surface area contributed by atoms with Gasteiger partial charge >= 0.3 is 0 Å². The zero-order valence-corrected chi connectivity index (χ0v) is 14.9. The van der Waals surface area contributed by atoms with Gasteiger partial charge in [0.1, 0.15) is 0 Å². The van der Waals surface area contributed by atoms with Gasteiger partial charge in [-0.3, -0.25) is 4.98 Å². The molecule has 1 aromatic heterocycles. The average molecular weight is 346 g/mol. The Morgan fingerprint density at radius 3 is 2.58 bits per heavy atom. The predicted octanol–water partition coefficient (Wildman–Crippen LogP) is 2.90. The second-order valence-electron chi connectivity index (χ2n) is 6.85. The SMILES string of the molecule is CN(C)c1ccc(Nc2c3c(nc4ccc(C(=O)[O-])cc24)CCC3)cc1. The number of carbonyl (C=O) groups is 1. The van der Waals surface area contributed by atoms with Crippen molar-refractivity contribution in [3.63, 3.8) is 0 Å². The van der Waals surface area contributed by atoms with Gasteiger partial charge in [0.2, 0.25) is 0 Å². The molecule has 0 atom stereocenters. The minimum atomic E-state index is -1.17. The molecular formula is C21H20N3O2-. The molecule has 1 N–H and O–H groups in total. The number of fused-ring (bicyclic) bond motifs is 2. The number of benzene rings is 2. The van der Waals surface area contributed by atoms with E-state index in [0.29, 0.717) is 0 Å². The maximum absolute atomic E-state index is 11.3. The normalized spacial score (nSPS) is 12.8. The number of nitrogens with zero attached hydrogens (tertiary/aromatic N) is 2. The summed E-state index contributed by atoms with van der Waals surface area (Å²) < 4.78 is 0. The van der Waals surface area contributed by atoms with E-state index in [2.05, 4.69) is 22.3 Å². The molecule has 0 amide bonds. The number of aryl methyl sites for hydroxylation is 1. The van der Waals surface area contributed by atoms with Gasteiger partial charge in [-0.2, -0.15) is 0 Å². The molecule has 0 radical (unpaired) electrons. The third-order valence-electron chi connectivity index (χ3n) is 4.90. The molecule has 0 fully saturated rings. The van der Waals surface area contributed by atoms with Gasteiger partial charge in [0.25, 0.3) is 0 Å². The fourth-order valence-corrected chi connectivity index (χ4v) is 3.52. The third kappa shape index (κ3) is 2.86. The zero-order chi connectivity index (χ0) is 18.3. The summed E-state index contributed by atoms with van der Waals surface area (Å²) in [7, 11) is 4.01. The van der Waals surface area contributed by atoms with E-state index >= 15 is 0 Å². The number of aromatic nitrogens is 1. The van der Waals surface area contributed by atoms with Crippen LogP contribution in [-0.2, 0) is 12.8 Å². The fraction of sp³-hybridized carbons (Fsp3) is 0.238. The number of aromatic carboxylic acids is 1. The van der Waals surface area contributed by atoms with E-state index in [1.165, 1.54) is 5.56 Å². The Kier molecular flexibility index (Phi) is 3.99. The van der Waals surface area contributed by atoms with Crippen molar-refractivity contribution in [3.05, 3.63) is 59.3 Å². The van der Waals surface area contributed by atoms with Crippen LogP contribution in [0.2, 0.25) is 0 Å². The van der Waals surface area contributed by atoms with Gasteiger partial charge in [0.15, 0.2) is 0 Å². The number of hydrogen-bond acceptors (Lipinski definition) is 5. The molecule has 5 heteroatoms. The zero-order valence-electron chi connectivity index (χ0n) is 14.9. The van der Waals surface area contributed by atoms with E-state index in [1.54, 1.807) is 18.2 Å². The van der Waals surface area contributed by atoms with Gasteiger partial charge in [-0.1, -0.05) is 6.07 Å². The van der Waals surface area contributed by atoms with E-state index in [0.717, 1.165) is 52.9 Å². The van der Waals surface area contributed by atoms with E-state index in [9.17, 15) is 9.90 Å². The van der Waals surface area contributed by atoms with Crippen LogP contribution in [0.15, 0.2) is 42.5 Å². The molecule has 1 heterocycles. The van der Waals surface area contributed by atoms with Crippen LogP contribution in [0.25, 0.3) is 10.9 Å². The summed E-state index contributed by atoms with van der Waals surface area (Å²) in [6.07, 6.45) is 2.98. The summed E-state index contributed by atoms with van der Waals surface area (Å²) in [4.78, 5) is 18.1. The molecule has 4 rings (SSSR count). The van der Waals surface area contributed by atoms with Crippen LogP contribution in [0.5, 0.6) is 0 Å². The molecular weight excluding hydrogens is 326 g/mol. The van der Waals surface area contributed by atoms with Gasteiger partial charge in [0.05, 0.1) is 17.2 Å². The highest BCUT2D eigenvalue weighted by Crippen LogP contribution is 2.36. The lowest BCUT2D eigenvalue weighted by atomic mass is 10.0. The van der Waals surface area contributed by atoms with Crippen molar-refractivity contribution in [2.75, 3.05) is 24.3 Å². The lowest BCUT2D eigenvalue weighted by molar-refractivity contribution is -0.255. The second-order valence-corrected chi connectivity index (χ2v) is 6.85. The monoisotopic (exact) mass is 346 g/mol. The average Bonchev–Trinajstić information content (AvgIpc) is 3.09. The molecule has 0 spiro atoms. The van der Waals surface area contributed by atoms with E-state index in [4.69, 9.17) is 4.98 Å². The van der Waals surface area contributed by atoms with Gasteiger partial charge in [0, 0.05) is 36.6 Å². The van der Waals surface area contributed by atoms with Crippen LogP contribution in [0, 0.1) is 0 Å². The molecule has 1 aliphatic rings. The Morgan fingerprint density at radius 2 is 1.88 bits per heavy atom. The number of carboxylic acids is 1. The molecule has 0 aliphatic heterocycles. The number of pyridine rings is 1. The highest BCUT2D eigenvalue weighted by molar-refractivity contribution is 6.00. The molecule has 0 bridgehead atoms. The smallest absolute Gasteiger partial charge is 0.0726 e. The first-order valence-corrected chi connectivity index (χ1v) is 8.74.